The number of phenols is 2. The summed E-state index contributed by atoms with van der Waals surface area (Å²) in [7, 11) is 0. The number of phenolic OH excluding ortho intramolecular Hbond substituents is 2. The maximum Gasteiger partial charge on any atom is 0.286 e. The van der Waals surface area contributed by atoms with Gasteiger partial charge in [-0.15, -0.1) is 0 Å². The van der Waals surface area contributed by atoms with Crippen molar-refractivity contribution in [2.45, 2.75) is 0 Å². The minimum atomic E-state index is -0.440. The van der Waals surface area contributed by atoms with Gasteiger partial charge in [0.1, 0.15) is 11.5 Å². The number of aromatic hydroxyl groups is 2. The van der Waals surface area contributed by atoms with Gasteiger partial charge in [0.2, 0.25) is 0 Å². The number of benzene rings is 1. The highest BCUT2D eigenvalue weighted by molar-refractivity contribution is 8.18. The first-order chi connectivity index (χ1) is 7.56. The van der Waals surface area contributed by atoms with E-state index in [2.05, 4.69) is 4.99 Å². The third-order valence-electron chi connectivity index (χ3n) is 1.93. The summed E-state index contributed by atoms with van der Waals surface area (Å²) >= 11 is 1.03. The van der Waals surface area contributed by atoms with E-state index in [1.165, 1.54) is 24.3 Å². The second-order valence-electron chi connectivity index (χ2n) is 3.11. The number of rotatable bonds is 1. The van der Waals surface area contributed by atoms with Gasteiger partial charge in [0.15, 0.2) is 5.17 Å². The van der Waals surface area contributed by atoms with Gasteiger partial charge in [-0.2, -0.15) is 4.99 Å². The average molecular weight is 236 g/mol. The monoisotopic (exact) mass is 236 g/mol. The number of thioether (sulfide) groups is 1. The van der Waals surface area contributed by atoms with E-state index in [1.54, 1.807) is 0 Å². The van der Waals surface area contributed by atoms with Crippen LogP contribution in [0.4, 0.5) is 0 Å². The molecule has 0 bridgehead atoms. The molecule has 1 aromatic rings. The molecule has 1 amide bonds. The third-order valence-corrected chi connectivity index (χ3v) is 2.75. The minimum Gasteiger partial charge on any atom is -0.508 e. The lowest BCUT2D eigenvalue weighted by Gasteiger charge is -2.00. The summed E-state index contributed by atoms with van der Waals surface area (Å²) in [6, 6.07) is 4.05. The van der Waals surface area contributed by atoms with E-state index in [4.69, 9.17) is 5.73 Å². The van der Waals surface area contributed by atoms with Crippen molar-refractivity contribution >= 4 is 28.9 Å². The summed E-state index contributed by atoms with van der Waals surface area (Å²) in [5.41, 5.74) is 5.72. The zero-order chi connectivity index (χ0) is 11.7. The Hall–Kier alpha value is -1.95. The summed E-state index contributed by atoms with van der Waals surface area (Å²) in [6.45, 7) is 0. The van der Waals surface area contributed by atoms with Crippen molar-refractivity contribution in [3.05, 3.63) is 28.7 Å². The summed E-state index contributed by atoms with van der Waals surface area (Å²) in [6.07, 6.45) is 1.44. The van der Waals surface area contributed by atoms with Crippen molar-refractivity contribution in [1.29, 1.82) is 0 Å². The van der Waals surface area contributed by atoms with Crippen LogP contribution in [0.25, 0.3) is 6.08 Å². The fourth-order valence-corrected chi connectivity index (χ4v) is 1.90. The molecule has 6 heteroatoms. The molecule has 0 atom stereocenters. The molecule has 5 nitrogen and oxygen atoms in total. The second-order valence-corrected chi connectivity index (χ2v) is 4.17. The Morgan fingerprint density at radius 2 is 2.12 bits per heavy atom. The van der Waals surface area contributed by atoms with E-state index in [9.17, 15) is 15.0 Å². The predicted molar refractivity (Wildman–Crippen MR) is 62.0 cm³/mol. The fourth-order valence-electron chi connectivity index (χ4n) is 1.22. The van der Waals surface area contributed by atoms with Crippen molar-refractivity contribution in [2.75, 3.05) is 0 Å². The van der Waals surface area contributed by atoms with Gasteiger partial charge in [0.25, 0.3) is 5.91 Å². The van der Waals surface area contributed by atoms with Crippen LogP contribution in [-0.2, 0) is 4.79 Å². The van der Waals surface area contributed by atoms with Gasteiger partial charge in [-0.1, -0.05) is 0 Å². The van der Waals surface area contributed by atoms with E-state index in [0.29, 0.717) is 10.5 Å². The van der Waals surface area contributed by atoms with Crippen LogP contribution >= 0.6 is 11.8 Å². The molecule has 0 unspecified atom stereocenters. The summed E-state index contributed by atoms with van der Waals surface area (Å²) in [5.74, 6) is -0.455. The lowest BCUT2D eigenvalue weighted by Crippen LogP contribution is -2.01. The Labute approximate surface area is 95.3 Å². The number of aliphatic imine (C=N–C) groups is 1. The zero-order valence-corrected chi connectivity index (χ0v) is 8.86. The standard InChI is InChI=1S/C10H8N2O3S/c11-10-12-9(15)8(16-10)4-5-3-6(13)1-2-7(5)14/h1-4,13-14H,(H2,11,12,15)/b8-4-. The van der Waals surface area contributed by atoms with Gasteiger partial charge >= 0.3 is 0 Å². The van der Waals surface area contributed by atoms with Gasteiger partial charge in [-0.3, -0.25) is 4.79 Å². The molecule has 0 fully saturated rings. The number of amides is 1. The van der Waals surface area contributed by atoms with Crippen molar-refractivity contribution < 1.29 is 15.0 Å². The molecule has 0 spiro atoms. The van der Waals surface area contributed by atoms with Gasteiger partial charge < -0.3 is 15.9 Å². The van der Waals surface area contributed by atoms with Crippen LogP contribution < -0.4 is 5.73 Å². The van der Waals surface area contributed by atoms with E-state index in [0.717, 1.165) is 11.8 Å². The number of nitrogens with zero attached hydrogens (tertiary/aromatic N) is 1. The molecule has 82 valence electrons. The van der Waals surface area contributed by atoms with Crippen LogP contribution in [0.3, 0.4) is 0 Å². The molecule has 0 saturated heterocycles. The number of nitrogens with two attached hydrogens (primary N) is 1. The first kappa shape index (κ1) is 10.6. The summed E-state index contributed by atoms with van der Waals surface area (Å²) in [5, 5.41) is 18.9. The molecule has 0 saturated carbocycles. The Kier molecular flexibility index (Phi) is 2.57. The normalized spacial score (nSPS) is 17.9. The molecule has 16 heavy (non-hydrogen) atoms. The number of carbonyl (C=O) groups is 1. The lowest BCUT2D eigenvalue weighted by atomic mass is 10.1. The van der Waals surface area contributed by atoms with Crippen LogP contribution in [0.2, 0.25) is 0 Å². The molecule has 2 rings (SSSR count). The molecule has 1 heterocycles. The van der Waals surface area contributed by atoms with E-state index in [1.807, 2.05) is 0 Å². The topological polar surface area (TPSA) is 95.9 Å². The highest BCUT2D eigenvalue weighted by Crippen LogP contribution is 2.30. The smallest absolute Gasteiger partial charge is 0.286 e. The van der Waals surface area contributed by atoms with Gasteiger partial charge in [0.05, 0.1) is 4.91 Å². The second kappa shape index (κ2) is 3.90. The molecule has 0 aromatic heterocycles. The number of hydrogen-bond donors (Lipinski definition) is 3. The maximum atomic E-state index is 11.3. The molecule has 1 aliphatic heterocycles. The minimum absolute atomic E-state index is 0.00832. The van der Waals surface area contributed by atoms with Gasteiger partial charge in [-0.05, 0) is 36.0 Å². The Balaban J connectivity index is 2.37. The largest absolute Gasteiger partial charge is 0.508 e. The molecular weight excluding hydrogens is 228 g/mol. The van der Waals surface area contributed by atoms with Crippen LogP contribution in [0.1, 0.15) is 5.56 Å². The van der Waals surface area contributed by atoms with Gasteiger partial charge in [0, 0.05) is 5.56 Å². The Morgan fingerprint density at radius 3 is 2.75 bits per heavy atom. The lowest BCUT2D eigenvalue weighted by molar-refractivity contribution is -0.113. The average Bonchev–Trinajstić information content (AvgIpc) is 2.51. The van der Waals surface area contributed by atoms with Gasteiger partial charge in [-0.25, -0.2) is 0 Å². The molecule has 0 aliphatic carbocycles. The SMILES string of the molecule is NC1=NC(=O)/C(=C/c2cc(O)ccc2O)S1. The van der Waals surface area contributed by atoms with Crippen molar-refractivity contribution in [1.82, 2.24) is 0 Å². The molecule has 0 radical (unpaired) electrons. The first-order valence-corrected chi connectivity index (χ1v) is 5.18. The fraction of sp³-hybridized carbons (Fsp3) is 0. The van der Waals surface area contributed by atoms with E-state index in [-0.39, 0.29) is 16.7 Å². The quantitative estimate of drug-likeness (QED) is 0.500. The molecular formula is C10H8N2O3S. The Morgan fingerprint density at radius 1 is 1.38 bits per heavy atom. The maximum absolute atomic E-state index is 11.3. The summed E-state index contributed by atoms with van der Waals surface area (Å²) < 4.78 is 0. The van der Waals surface area contributed by atoms with Crippen LogP contribution in [-0.4, -0.2) is 21.3 Å². The van der Waals surface area contributed by atoms with Crippen molar-refractivity contribution in [3.63, 3.8) is 0 Å². The third kappa shape index (κ3) is 2.01. The number of hydrogen-bond acceptors (Lipinski definition) is 5. The molecule has 1 aromatic carbocycles. The number of carbonyl (C=O) groups excluding carboxylic acids is 1. The molecule has 1 aliphatic rings. The Bertz CT molecular complexity index is 523. The number of amidine groups is 1. The van der Waals surface area contributed by atoms with Crippen molar-refractivity contribution in [2.24, 2.45) is 10.7 Å². The van der Waals surface area contributed by atoms with Crippen LogP contribution in [0.15, 0.2) is 28.1 Å². The summed E-state index contributed by atoms with van der Waals surface area (Å²) in [4.78, 5) is 15.1. The van der Waals surface area contributed by atoms with Crippen molar-refractivity contribution in [3.8, 4) is 11.5 Å². The highest BCUT2D eigenvalue weighted by atomic mass is 32.2. The highest BCUT2D eigenvalue weighted by Gasteiger charge is 2.19. The van der Waals surface area contributed by atoms with E-state index < -0.39 is 5.91 Å². The first-order valence-electron chi connectivity index (χ1n) is 4.36. The van der Waals surface area contributed by atoms with Crippen LogP contribution in [0.5, 0.6) is 11.5 Å². The van der Waals surface area contributed by atoms with Crippen LogP contribution in [0, 0.1) is 0 Å². The zero-order valence-electron chi connectivity index (χ0n) is 8.04. The predicted octanol–water partition coefficient (Wildman–Crippen LogP) is 1.03. The van der Waals surface area contributed by atoms with E-state index >= 15 is 0 Å². The molecule has 4 N–H and O–H groups in total.